The van der Waals surface area contributed by atoms with Gasteiger partial charge in [0.15, 0.2) is 5.78 Å². The molecule has 22 heavy (non-hydrogen) atoms. The molecule has 0 aliphatic carbocycles. The third kappa shape index (κ3) is 3.97. The SMILES string of the molecule is CC(=O)NCC(=O)[C@]1(C)COC(C)(C)N1C(=O)OC(C)(C)C. The van der Waals surface area contributed by atoms with Gasteiger partial charge in [-0.15, -0.1) is 0 Å². The monoisotopic (exact) mass is 314 g/mol. The molecule has 0 spiro atoms. The minimum Gasteiger partial charge on any atom is -0.444 e. The first-order chi connectivity index (χ1) is 9.79. The molecule has 0 aromatic rings. The molecule has 126 valence electrons. The van der Waals surface area contributed by atoms with Crippen LogP contribution < -0.4 is 5.32 Å². The molecule has 1 aliphatic heterocycles. The normalized spacial score (nSPS) is 24.0. The Labute approximate surface area is 131 Å². The number of hydrogen-bond acceptors (Lipinski definition) is 5. The van der Waals surface area contributed by atoms with Crippen molar-refractivity contribution in [3.63, 3.8) is 0 Å². The van der Waals surface area contributed by atoms with Crippen molar-refractivity contribution in [1.29, 1.82) is 0 Å². The number of ether oxygens (including phenoxy) is 2. The van der Waals surface area contributed by atoms with Crippen LogP contribution in [0.15, 0.2) is 0 Å². The van der Waals surface area contributed by atoms with Crippen LogP contribution in [0.5, 0.6) is 0 Å². The Bertz CT molecular complexity index is 481. The van der Waals surface area contributed by atoms with E-state index in [1.165, 1.54) is 11.8 Å². The van der Waals surface area contributed by atoms with Gasteiger partial charge in [0.05, 0.1) is 13.2 Å². The molecule has 0 bridgehead atoms. The molecule has 1 atom stereocenters. The Morgan fingerprint density at radius 1 is 1.23 bits per heavy atom. The maximum atomic E-state index is 12.5. The van der Waals surface area contributed by atoms with Crippen LogP contribution in [0.2, 0.25) is 0 Å². The van der Waals surface area contributed by atoms with Gasteiger partial charge in [-0.3, -0.25) is 14.5 Å². The average Bonchev–Trinajstić information content (AvgIpc) is 2.55. The lowest BCUT2D eigenvalue weighted by atomic mass is 9.95. The number of carbonyl (C=O) groups is 3. The molecule has 7 nitrogen and oxygen atoms in total. The van der Waals surface area contributed by atoms with E-state index in [-0.39, 0.29) is 24.8 Å². The summed E-state index contributed by atoms with van der Waals surface area (Å²) in [5, 5.41) is 2.46. The molecule has 0 unspecified atom stereocenters. The number of carbonyl (C=O) groups excluding carboxylic acids is 3. The quantitative estimate of drug-likeness (QED) is 0.852. The zero-order chi connectivity index (χ0) is 17.3. The highest BCUT2D eigenvalue weighted by Crippen LogP contribution is 2.36. The lowest BCUT2D eigenvalue weighted by Gasteiger charge is -2.39. The Balaban J connectivity index is 3.04. The number of amides is 2. The fourth-order valence-corrected chi connectivity index (χ4v) is 2.37. The van der Waals surface area contributed by atoms with Gasteiger partial charge in [0.1, 0.15) is 16.9 Å². The van der Waals surface area contributed by atoms with Crippen molar-refractivity contribution in [2.24, 2.45) is 0 Å². The first kappa shape index (κ1) is 18.4. The summed E-state index contributed by atoms with van der Waals surface area (Å²) >= 11 is 0. The Morgan fingerprint density at radius 3 is 2.23 bits per heavy atom. The van der Waals surface area contributed by atoms with Crippen LogP contribution in [0.1, 0.15) is 48.5 Å². The summed E-state index contributed by atoms with van der Waals surface area (Å²) in [5.74, 6) is -0.613. The van der Waals surface area contributed by atoms with E-state index in [9.17, 15) is 14.4 Å². The van der Waals surface area contributed by atoms with Crippen LogP contribution in [-0.4, -0.2) is 52.7 Å². The van der Waals surface area contributed by atoms with E-state index in [1.807, 2.05) is 0 Å². The van der Waals surface area contributed by atoms with Crippen molar-refractivity contribution < 1.29 is 23.9 Å². The predicted molar refractivity (Wildman–Crippen MR) is 80.2 cm³/mol. The summed E-state index contributed by atoms with van der Waals surface area (Å²) in [4.78, 5) is 37.3. The second-order valence-corrected chi connectivity index (χ2v) is 7.16. The molecule has 2 amide bonds. The topological polar surface area (TPSA) is 84.9 Å². The van der Waals surface area contributed by atoms with Gasteiger partial charge in [-0.05, 0) is 41.5 Å². The molecule has 1 N–H and O–H groups in total. The third-order valence-electron chi connectivity index (χ3n) is 3.41. The van der Waals surface area contributed by atoms with Crippen molar-refractivity contribution in [2.45, 2.75) is 65.3 Å². The molecule has 0 aromatic carbocycles. The molecule has 1 fully saturated rings. The van der Waals surface area contributed by atoms with E-state index < -0.39 is 23.0 Å². The van der Waals surface area contributed by atoms with Gasteiger partial charge in [-0.25, -0.2) is 4.79 Å². The summed E-state index contributed by atoms with van der Waals surface area (Å²) in [5.41, 5.74) is -2.84. The zero-order valence-corrected chi connectivity index (χ0v) is 14.4. The van der Waals surface area contributed by atoms with E-state index in [2.05, 4.69) is 5.32 Å². The number of nitrogens with one attached hydrogen (secondary N) is 1. The van der Waals surface area contributed by atoms with Crippen molar-refractivity contribution in [3.05, 3.63) is 0 Å². The highest BCUT2D eigenvalue weighted by molar-refractivity contribution is 5.95. The van der Waals surface area contributed by atoms with Crippen LogP contribution in [0, 0.1) is 0 Å². The molecule has 1 saturated heterocycles. The lowest BCUT2D eigenvalue weighted by molar-refractivity contribution is -0.131. The fraction of sp³-hybridized carbons (Fsp3) is 0.800. The summed E-state index contributed by atoms with van der Waals surface area (Å²) in [7, 11) is 0. The van der Waals surface area contributed by atoms with E-state index in [4.69, 9.17) is 9.47 Å². The molecule has 1 heterocycles. The molecular formula is C15H26N2O5. The molecule has 0 aromatic heterocycles. The highest BCUT2D eigenvalue weighted by Gasteiger charge is 2.56. The van der Waals surface area contributed by atoms with Crippen LogP contribution in [0.25, 0.3) is 0 Å². The molecule has 7 heteroatoms. The van der Waals surface area contributed by atoms with Crippen molar-refractivity contribution in [1.82, 2.24) is 10.2 Å². The Kier molecular flexibility index (Phi) is 4.91. The predicted octanol–water partition coefficient (Wildman–Crippen LogP) is 1.45. The molecule has 0 saturated carbocycles. The van der Waals surface area contributed by atoms with Gasteiger partial charge in [-0.1, -0.05) is 0 Å². The molecule has 0 radical (unpaired) electrons. The molecular weight excluding hydrogens is 288 g/mol. The minimum atomic E-state index is -1.19. The van der Waals surface area contributed by atoms with Gasteiger partial charge in [-0.2, -0.15) is 0 Å². The standard InChI is InChI=1S/C15H26N2O5/c1-10(18)16-8-11(19)15(7)9-21-14(5,6)17(15)12(20)22-13(2,3)4/h8-9H2,1-7H3,(H,16,18)/t15-/m0/s1. The summed E-state index contributed by atoms with van der Waals surface area (Å²) in [6.45, 7) is 11.5. The average molecular weight is 314 g/mol. The second-order valence-electron chi connectivity index (χ2n) is 7.16. The summed E-state index contributed by atoms with van der Waals surface area (Å²) in [6.07, 6.45) is -0.617. The second kappa shape index (κ2) is 5.87. The van der Waals surface area contributed by atoms with Crippen molar-refractivity contribution in [3.8, 4) is 0 Å². The fourth-order valence-electron chi connectivity index (χ4n) is 2.37. The highest BCUT2D eigenvalue weighted by atomic mass is 16.6. The maximum Gasteiger partial charge on any atom is 0.413 e. The zero-order valence-electron chi connectivity index (χ0n) is 14.4. The first-order valence-corrected chi connectivity index (χ1v) is 7.24. The van der Waals surface area contributed by atoms with Gasteiger partial charge in [0.2, 0.25) is 5.91 Å². The van der Waals surface area contributed by atoms with Gasteiger partial charge >= 0.3 is 6.09 Å². The third-order valence-corrected chi connectivity index (χ3v) is 3.41. The van der Waals surface area contributed by atoms with Crippen molar-refractivity contribution in [2.75, 3.05) is 13.2 Å². The van der Waals surface area contributed by atoms with E-state index in [0.29, 0.717) is 0 Å². The van der Waals surface area contributed by atoms with Crippen LogP contribution in [-0.2, 0) is 19.1 Å². The summed E-state index contributed by atoms with van der Waals surface area (Å²) in [6, 6.07) is 0. The van der Waals surface area contributed by atoms with E-state index >= 15 is 0 Å². The van der Waals surface area contributed by atoms with Crippen molar-refractivity contribution >= 4 is 17.8 Å². The largest absolute Gasteiger partial charge is 0.444 e. The Morgan fingerprint density at radius 2 is 1.77 bits per heavy atom. The number of hydrogen-bond donors (Lipinski definition) is 1. The van der Waals surface area contributed by atoms with Gasteiger partial charge < -0.3 is 14.8 Å². The number of Topliss-reactive ketones (excluding diaryl/α,β-unsaturated/α-hetero) is 1. The van der Waals surface area contributed by atoms with Crippen LogP contribution in [0.4, 0.5) is 4.79 Å². The molecule has 1 aliphatic rings. The number of nitrogens with zero attached hydrogens (tertiary/aromatic N) is 1. The lowest BCUT2D eigenvalue weighted by Crippen LogP contribution is -2.60. The molecule has 1 rings (SSSR count). The first-order valence-electron chi connectivity index (χ1n) is 7.24. The maximum absolute atomic E-state index is 12.5. The minimum absolute atomic E-state index is 0.0532. The smallest absolute Gasteiger partial charge is 0.413 e. The van der Waals surface area contributed by atoms with E-state index in [1.54, 1.807) is 41.5 Å². The summed E-state index contributed by atoms with van der Waals surface area (Å²) < 4.78 is 11.0. The van der Waals surface area contributed by atoms with E-state index in [0.717, 1.165) is 0 Å². The number of rotatable bonds is 3. The Hall–Kier alpha value is -1.63. The van der Waals surface area contributed by atoms with Gasteiger partial charge in [0.25, 0.3) is 0 Å². The van der Waals surface area contributed by atoms with Crippen LogP contribution >= 0.6 is 0 Å². The van der Waals surface area contributed by atoms with Gasteiger partial charge in [0, 0.05) is 6.92 Å². The number of ketones is 1. The van der Waals surface area contributed by atoms with Crippen LogP contribution in [0.3, 0.4) is 0 Å².